The zero-order valence-corrected chi connectivity index (χ0v) is 19.5. The molecule has 3 heterocycles. The molecule has 1 saturated carbocycles. The van der Waals surface area contributed by atoms with E-state index in [-0.39, 0.29) is 35.1 Å². The van der Waals surface area contributed by atoms with Crippen LogP contribution in [0, 0.1) is 0 Å². The van der Waals surface area contributed by atoms with Crippen molar-refractivity contribution < 1.29 is 27.8 Å². The highest BCUT2D eigenvalue weighted by Gasteiger charge is 2.31. The number of hydrogen-bond donors (Lipinski definition) is 2. The number of piperidine rings is 1. The van der Waals surface area contributed by atoms with E-state index in [1.807, 2.05) is 6.07 Å². The van der Waals surface area contributed by atoms with Crippen molar-refractivity contribution in [3.63, 3.8) is 0 Å². The van der Waals surface area contributed by atoms with Gasteiger partial charge in [-0.25, -0.2) is 9.78 Å². The number of imidazole rings is 1. The van der Waals surface area contributed by atoms with Crippen LogP contribution in [0.4, 0.5) is 13.2 Å². The number of aliphatic hydroxyl groups excluding tert-OH is 1. The largest absolute Gasteiger partial charge is 0.573 e. The van der Waals surface area contributed by atoms with Crippen molar-refractivity contribution in [3.8, 4) is 5.75 Å². The van der Waals surface area contributed by atoms with E-state index in [1.54, 1.807) is 15.7 Å². The van der Waals surface area contributed by atoms with Crippen molar-refractivity contribution in [2.24, 2.45) is 0 Å². The second-order valence-corrected chi connectivity index (χ2v) is 9.54. The van der Waals surface area contributed by atoms with Crippen LogP contribution in [-0.2, 0) is 0 Å². The number of pyridine rings is 1. The van der Waals surface area contributed by atoms with Crippen LogP contribution in [-0.4, -0.2) is 56.0 Å². The average molecular weight is 505 g/mol. The number of H-pyrrole nitrogens is 1. The first-order valence-corrected chi connectivity index (χ1v) is 12.1. The third-order valence-corrected chi connectivity index (χ3v) is 7.21. The second-order valence-electron chi connectivity index (χ2n) is 9.54. The van der Waals surface area contributed by atoms with Crippen LogP contribution < -0.4 is 10.4 Å². The number of halogens is 3. The lowest BCUT2D eigenvalue weighted by Crippen LogP contribution is -2.40. The molecule has 192 valence electrons. The highest BCUT2D eigenvalue weighted by atomic mass is 19.4. The van der Waals surface area contributed by atoms with Crippen LogP contribution in [0.2, 0.25) is 0 Å². The highest BCUT2D eigenvalue weighted by Crippen LogP contribution is 2.34. The Balaban J connectivity index is 1.28. The maximum Gasteiger partial charge on any atom is 0.573 e. The van der Waals surface area contributed by atoms with Gasteiger partial charge in [0.25, 0.3) is 5.91 Å². The van der Waals surface area contributed by atoms with Crippen LogP contribution in [0.1, 0.15) is 66.4 Å². The standard InChI is InChI=1S/C25H27F3N4O4/c26-25(27,28)36-20-7-3-16(4-8-20)23(34)31-11-9-18(10-12-31)32-21-13-17(14-29-22(21)30-24(32)35)15-1-5-19(33)6-2-15/h3-4,7-8,13-15,18-19,33H,1-2,5-6,9-12H2,(H,29,30,35)/t15-,19+. The summed E-state index contributed by atoms with van der Waals surface area (Å²) < 4.78 is 42.7. The Labute approximate surface area is 204 Å². The molecule has 8 nitrogen and oxygen atoms in total. The number of carbonyl (C=O) groups is 1. The highest BCUT2D eigenvalue weighted by molar-refractivity contribution is 5.94. The molecule has 3 aromatic rings. The summed E-state index contributed by atoms with van der Waals surface area (Å²) in [4.78, 5) is 34.6. The maximum atomic E-state index is 12.9. The van der Waals surface area contributed by atoms with Gasteiger partial charge in [0, 0.05) is 30.9 Å². The minimum atomic E-state index is -4.79. The molecule has 0 bridgehead atoms. The van der Waals surface area contributed by atoms with E-state index in [0.29, 0.717) is 37.5 Å². The zero-order chi connectivity index (χ0) is 25.4. The van der Waals surface area contributed by atoms with Gasteiger partial charge < -0.3 is 14.7 Å². The van der Waals surface area contributed by atoms with Crippen molar-refractivity contribution in [2.45, 2.75) is 63.0 Å². The Morgan fingerprint density at radius 1 is 1.06 bits per heavy atom. The number of alkyl halides is 3. The van der Waals surface area contributed by atoms with Crippen LogP contribution in [0.5, 0.6) is 5.75 Å². The number of nitrogens with one attached hydrogen (secondary N) is 1. The Hall–Kier alpha value is -3.34. The third kappa shape index (κ3) is 5.11. The number of aliphatic hydroxyl groups is 1. The van der Waals surface area contributed by atoms with Crippen LogP contribution >= 0.6 is 0 Å². The summed E-state index contributed by atoms with van der Waals surface area (Å²) in [7, 11) is 0. The fraction of sp³-hybridized carbons (Fsp3) is 0.480. The number of rotatable bonds is 4. The van der Waals surface area contributed by atoms with Gasteiger partial charge in [0.15, 0.2) is 5.65 Å². The van der Waals surface area contributed by atoms with E-state index in [0.717, 1.165) is 48.9 Å². The minimum Gasteiger partial charge on any atom is -0.406 e. The molecule has 5 rings (SSSR count). The molecule has 0 spiro atoms. The number of likely N-dealkylation sites (tertiary alicyclic amines) is 1. The van der Waals surface area contributed by atoms with Gasteiger partial charge in [-0.05, 0) is 80.3 Å². The third-order valence-electron chi connectivity index (χ3n) is 7.21. The number of hydrogen-bond acceptors (Lipinski definition) is 5. The molecule has 0 atom stereocenters. The molecule has 0 radical (unpaired) electrons. The molecule has 2 aliphatic rings. The Bertz CT molecular complexity index is 1290. The summed E-state index contributed by atoms with van der Waals surface area (Å²) in [5.41, 5.74) is 2.37. The van der Waals surface area contributed by atoms with Gasteiger partial charge in [-0.3, -0.25) is 14.3 Å². The first-order valence-electron chi connectivity index (χ1n) is 12.1. The van der Waals surface area contributed by atoms with Gasteiger partial charge in [0.05, 0.1) is 11.6 Å². The summed E-state index contributed by atoms with van der Waals surface area (Å²) in [6.07, 6.45) is 1.17. The maximum absolute atomic E-state index is 12.9. The predicted molar refractivity (Wildman–Crippen MR) is 125 cm³/mol. The van der Waals surface area contributed by atoms with E-state index in [2.05, 4.69) is 14.7 Å². The fourth-order valence-electron chi connectivity index (χ4n) is 5.32. The van der Waals surface area contributed by atoms with Gasteiger partial charge in [0.1, 0.15) is 5.75 Å². The average Bonchev–Trinajstić information content (AvgIpc) is 3.18. The molecular formula is C25H27F3N4O4. The normalized spacial score (nSPS) is 21.6. The molecule has 1 aliphatic heterocycles. The van der Waals surface area contributed by atoms with E-state index in [9.17, 15) is 27.9 Å². The lowest BCUT2D eigenvalue weighted by atomic mass is 9.83. The second kappa shape index (κ2) is 9.61. The number of ether oxygens (including phenoxy) is 1. The Kier molecular flexibility index (Phi) is 6.50. The minimum absolute atomic E-state index is 0.108. The van der Waals surface area contributed by atoms with Gasteiger partial charge in [0.2, 0.25) is 0 Å². The van der Waals surface area contributed by atoms with E-state index in [1.165, 1.54) is 12.1 Å². The summed E-state index contributed by atoms with van der Waals surface area (Å²) in [6.45, 7) is 0.827. The quantitative estimate of drug-likeness (QED) is 0.557. The van der Waals surface area contributed by atoms with Crippen molar-refractivity contribution >= 4 is 17.1 Å². The molecule has 1 saturated heterocycles. The monoisotopic (exact) mass is 504 g/mol. The molecule has 1 amide bonds. The molecule has 36 heavy (non-hydrogen) atoms. The lowest BCUT2D eigenvalue weighted by molar-refractivity contribution is -0.274. The first kappa shape index (κ1) is 24.4. The van der Waals surface area contributed by atoms with Gasteiger partial charge >= 0.3 is 12.1 Å². The zero-order valence-electron chi connectivity index (χ0n) is 19.5. The summed E-state index contributed by atoms with van der Waals surface area (Å²) in [5, 5.41) is 9.81. The molecule has 0 unspecified atom stereocenters. The van der Waals surface area contributed by atoms with Crippen molar-refractivity contribution in [2.75, 3.05) is 13.1 Å². The van der Waals surface area contributed by atoms with E-state index in [4.69, 9.17) is 0 Å². The molecule has 2 fully saturated rings. The summed E-state index contributed by atoms with van der Waals surface area (Å²) in [5.74, 6) is -0.355. The smallest absolute Gasteiger partial charge is 0.406 e. The Morgan fingerprint density at radius 3 is 2.36 bits per heavy atom. The van der Waals surface area contributed by atoms with Gasteiger partial charge in [-0.2, -0.15) is 0 Å². The number of nitrogens with zero attached hydrogens (tertiary/aromatic N) is 3. The Morgan fingerprint density at radius 2 is 1.72 bits per heavy atom. The summed E-state index contributed by atoms with van der Waals surface area (Å²) >= 11 is 0. The number of aromatic amines is 1. The van der Waals surface area contributed by atoms with Crippen LogP contribution in [0.25, 0.3) is 11.2 Å². The summed E-state index contributed by atoms with van der Waals surface area (Å²) in [6, 6.07) is 6.79. The topological polar surface area (TPSA) is 100 Å². The molecular weight excluding hydrogens is 477 g/mol. The molecule has 11 heteroatoms. The SMILES string of the molecule is O=C(c1ccc(OC(F)(F)F)cc1)N1CCC(n2c(=O)[nH]c3ncc([C@H]4CC[C@@H](O)CC4)cc32)CC1. The fourth-order valence-corrected chi connectivity index (χ4v) is 5.32. The van der Waals surface area contributed by atoms with E-state index < -0.39 is 6.36 Å². The number of amides is 1. The number of aromatic nitrogens is 3. The van der Waals surface area contributed by atoms with Gasteiger partial charge in [-0.1, -0.05) is 0 Å². The van der Waals surface area contributed by atoms with Crippen molar-refractivity contribution in [1.82, 2.24) is 19.4 Å². The molecule has 1 aromatic carbocycles. The number of carbonyl (C=O) groups excluding carboxylic acids is 1. The van der Waals surface area contributed by atoms with Crippen molar-refractivity contribution in [1.29, 1.82) is 0 Å². The number of benzene rings is 1. The van der Waals surface area contributed by atoms with Crippen LogP contribution in [0.3, 0.4) is 0 Å². The number of fused-ring (bicyclic) bond motifs is 1. The van der Waals surface area contributed by atoms with Gasteiger partial charge in [-0.15, -0.1) is 13.2 Å². The molecule has 2 aromatic heterocycles. The van der Waals surface area contributed by atoms with Crippen LogP contribution in [0.15, 0.2) is 41.3 Å². The predicted octanol–water partition coefficient (Wildman–Crippen LogP) is 4.12. The van der Waals surface area contributed by atoms with Crippen molar-refractivity contribution in [3.05, 3.63) is 58.1 Å². The molecule has 2 N–H and O–H groups in total. The lowest BCUT2D eigenvalue weighted by Gasteiger charge is -2.32. The molecule has 1 aliphatic carbocycles. The van der Waals surface area contributed by atoms with E-state index >= 15 is 0 Å². The first-order chi connectivity index (χ1) is 17.2.